The molecule has 1 aliphatic heterocycles. The lowest BCUT2D eigenvalue weighted by molar-refractivity contribution is -0.205. The highest BCUT2D eigenvalue weighted by Crippen LogP contribution is 2.43. The molecule has 4 heteroatoms. The zero-order valence-corrected chi connectivity index (χ0v) is 17.8. The molecule has 0 amide bonds. The summed E-state index contributed by atoms with van der Waals surface area (Å²) in [7, 11) is 0. The Morgan fingerprint density at radius 2 is 2.11 bits per heavy atom. The summed E-state index contributed by atoms with van der Waals surface area (Å²) in [5, 5.41) is 0. The van der Waals surface area contributed by atoms with Gasteiger partial charge in [0.05, 0.1) is 0 Å². The molecule has 2 atom stereocenters. The quantitative estimate of drug-likeness (QED) is 0.365. The van der Waals surface area contributed by atoms with E-state index in [4.69, 9.17) is 14.2 Å². The summed E-state index contributed by atoms with van der Waals surface area (Å²) >= 11 is 0. The highest BCUT2D eigenvalue weighted by molar-refractivity contribution is 5.66. The van der Waals surface area contributed by atoms with Crippen molar-refractivity contribution in [1.29, 1.82) is 0 Å². The van der Waals surface area contributed by atoms with Crippen molar-refractivity contribution in [2.24, 2.45) is 5.41 Å². The lowest BCUT2D eigenvalue weighted by Crippen LogP contribution is -2.36. The van der Waals surface area contributed by atoms with Crippen LogP contribution in [0.15, 0.2) is 11.1 Å². The minimum absolute atomic E-state index is 0.104. The largest absolute Gasteiger partial charge is 0.453 e. The number of hydrogen-bond acceptors (Lipinski definition) is 4. The molecule has 4 nitrogen and oxygen atoms in total. The number of hydrogen-bond donors (Lipinski definition) is 0. The van der Waals surface area contributed by atoms with Crippen LogP contribution in [-0.2, 0) is 19.0 Å². The van der Waals surface area contributed by atoms with Gasteiger partial charge in [-0.05, 0) is 70.6 Å². The van der Waals surface area contributed by atoms with Crippen LogP contribution >= 0.6 is 0 Å². The first-order valence-electron chi connectivity index (χ1n) is 10.3. The van der Waals surface area contributed by atoms with Gasteiger partial charge >= 0.3 is 5.97 Å². The molecule has 0 saturated carbocycles. The average molecular weight is 377 g/mol. The zero-order chi connectivity index (χ0) is 19.9. The van der Waals surface area contributed by atoms with Crippen LogP contribution in [0.2, 0.25) is 0 Å². The van der Waals surface area contributed by atoms with Gasteiger partial charge in [-0.25, -0.2) is 0 Å². The van der Waals surface area contributed by atoms with E-state index in [9.17, 15) is 4.79 Å². The molecule has 1 saturated heterocycles. The molecule has 2 unspecified atom stereocenters. The van der Waals surface area contributed by atoms with Crippen LogP contribution in [0.4, 0.5) is 0 Å². The first-order chi connectivity index (χ1) is 12.7. The topological polar surface area (TPSA) is 44.8 Å². The van der Waals surface area contributed by atoms with E-state index in [-0.39, 0.29) is 24.3 Å². The maximum atomic E-state index is 11.0. The lowest BCUT2D eigenvalue weighted by atomic mass is 9.70. The normalized spacial score (nSPS) is 24.6. The van der Waals surface area contributed by atoms with Crippen molar-refractivity contribution in [3.63, 3.8) is 0 Å². The second-order valence-electron chi connectivity index (χ2n) is 8.72. The highest BCUT2D eigenvalue weighted by atomic mass is 16.7. The molecule has 0 radical (unpaired) electrons. The maximum absolute atomic E-state index is 11.0. The van der Waals surface area contributed by atoms with Gasteiger partial charge < -0.3 is 14.2 Å². The summed E-state index contributed by atoms with van der Waals surface area (Å²) in [5.41, 5.74) is 2.71. The fourth-order valence-corrected chi connectivity index (χ4v) is 4.20. The van der Waals surface area contributed by atoms with Crippen molar-refractivity contribution < 1.29 is 19.0 Å². The van der Waals surface area contributed by atoms with Gasteiger partial charge in [-0.15, -0.1) is 0 Å². The number of esters is 1. The SMILES string of the molecule is CC(=O)OCC#CC(C)(CCC1=C(C)CCCC1(C)C)OC1CCCCO1. The fraction of sp³-hybridized carbons (Fsp3) is 0.783. The Kier molecular flexibility index (Phi) is 7.94. The third kappa shape index (κ3) is 6.97. The van der Waals surface area contributed by atoms with Crippen molar-refractivity contribution in [2.45, 2.75) is 97.9 Å². The molecule has 2 rings (SSSR count). The van der Waals surface area contributed by atoms with E-state index in [1.165, 1.54) is 31.8 Å². The summed E-state index contributed by atoms with van der Waals surface area (Å²) < 4.78 is 17.1. The third-order valence-electron chi connectivity index (χ3n) is 5.77. The standard InChI is InChI=1S/C23H36O4/c1-18-10-8-13-22(3,4)20(18)12-15-23(5,14-9-17-25-19(2)24)27-21-11-6-7-16-26-21/h21H,6-8,10-13,15-17H2,1-5H3. The molecule has 0 spiro atoms. The first kappa shape index (κ1) is 22.0. The number of allylic oxidation sites excluding steroid dienone is 2. The monoisotopic (exact) mass is 376 g/mol. The highest BCUT2D eigenvalue weighted by Gasteiger charge is 2.33. The van der Waals surface area contributed by atoms with Crippen LogP contribution < -0.4 is 0 Å². The van der Waals surface area contributed by atoms with Gasteiger partial charge in [-0.3, -0.25) is 4.79 Å². The van der Waals surface area contributed by atoms with Gasteiger partial charge in [0.1, 0.15) is 5.60 Å². The molecule has 1 fully saturated rings. The van der Waals surface area contributed by atoms with Crippen LogP contribution in [0.25, 0.3) is 0 Å². The van der Waals surface area contributed by atoms with E-state index in [2.05, 4.69) is 32.6 Å². The average Bonchev–Trinajstić information content (AvgIpc) is 2.58. The molecular formula is C23H36O4. The molecule has 1 aliphatic carbocycles. The second kappa shape index (κ2) is 9.75. The molecule has 0 aromatic rings. The molecule has 1 heterocycles. The van der Waals surface area contributed by atoms with E-state index < -0.39 is 5.60 Å². The minimum Gasteiger partial charge on any atom is -0.453 e. The molecule has 0 bridgehead atoms. The van der Waals surface area contributed by atoms with Crippen LogP contribution in [0, 0.1) is 17.3 Å². The molecule has 0 aromatic heterocycles. The van der Waals surface area contributed by atoms with Gasteiger partial charge in [-0.1, -0.05) is 36.8 Å². The second-order valence-corrected chi connectivity index (χ2v) is 8.72. The van der Waals surface area contributed by atoms with Gasteiger partial charge in [0.25, 0.3) is 0 Å². The van der Waals surface area contributed by atoms with Gasteiger partial charge in [-0.2, -0.15) is 0 Å². The van der Waals surface area contributed by atoms with Crippen molar-refractivity contribution >= 4 is 5.97 Å². The molecule has 27 heavy (non-hydrogen) atoms. The zero-order valence-electron chi connectivity index (χ0n) is 17.8. The van der Waals surface area contributed by atoms with Crippen LogP contribution in [0.5, 0.6) is 0 Å². The van der Waals surface area contributed by atoms with Crippen molar-refractivity contribution in [3.8, 4) is 11.8 Å². The van der Waals surface area contributed by atoms with E-state index in [1.54, 1.807) is 5.57 Å². The Labute approximate surface area is 165 Å². The number of carbonyl (C=O) groups is 1. The van der Waals surface area contributed by atoms with Gasteiger partial charge in [0.15, 0.2) is 12.9 Å². The lowest BCUT2D eigenvalue weighted by Gasteiger charge is -2.37. The molecule has 2 aliphatic rings. The summed E-state index contributed by atoms with van der Waals surface area (Å²) in [6.07, 6.45) is 8.43. The van der Waals surface area contributed by atoms with Crippen LogP contribution in [-0.4, -0.2) is 31.1 Å². The van der Waals surface area contributed by atoms with E-state index in [0.717, 1.165) is 38.7 Å². The van der Waals surface area contributed by atoms with E-state index >= 15 is 0 Å². The number of carbonyl (C=O) groups excluding carboxylic acids is 1. The Hall–Kier alpha value is -1.31. The van der Waals surface area contributed by atoms with Crippen LogP contribution in [0.3, 0.4) is 0 Å². The van der Waals surface area contributed by atoms with E-state index in [0.29, 0.717) is 0 Å². The predicted octanol–water partition coefficient (Wildman–Crippen LogP) is 5.16. The number of rotatable bonds is 6. The van der Waals surface area contributed by atoms with Crippen molar-refractivity contribution in [2.75, 3.05) is 13.2 Å². The minimum atomic E-state index is -0.608. The van der Waals surface area contributed by atoms with Gasteiger partial charge in [0.2, 0.25) is 0 Å². The summed E-state index contributed by atoms with van der Waals surface area (Å²) in [6, 6.07) is 0. The number of ether oxygens (including phenoxy) is 3. The molecular weight excluding hydrogens is 340 g/mol. The predicted molar refractivity (Wildman–Crippen MR) is 107 cm³/mol. The Balaban J connectivity index is 2.09. The Morgan fingerprint density at radius 1 is 1.33 bits per heavy atom. The van der Waals surface area contributed by atoms with E-state index in [1.807, 2.05) is 6.92 Å². The Morgan fingerprint density at radius 3 is 2.74 bits per heavy atom. The Bertz CT molecular complexity index is 602. The molecule has 152 valence electrons. The molecule has 0 aromatic carbocycles. The summed E-state index contributed by atoms with van der Waals surface area (Å²) in [4.78, 5) is 11.0. The molecule has 0 N–H and O–H groups in total. The van der Waals surface area contributed by atoms with Crippen molar-refractivity contribution in [1.82, 2.24) is 0 Å². The smallest absolute Gasteiger partial charge is 0.303 e. The van der Waals surface area contributed by atoms with Gasteiger partial charge in [0, 0.05) is 13.5 Å². The van der Waals surface area contributed by atoms with Crippen LogP contribution in [0.1, 0.15) is 86.0 Å². The fourth-order valence-electron chi connectivity index (χ4n) is 4.20. The summed E-state index contributed by atoms with van der Waals surface area (Å²) in [5.74, 6) is 5.89. The third-order valence-corrected chi connectivity index (χ3v) is 5.77. The first-order valence-corrected chi connectivity index (χ1v) is 10.3. The maximum Gasteiger partial charge on any atom is 0.303 e. The summed E-state index contributed by atoms with van der Waals surface area (Å²) in [6.45, 7) is 11.3. The van der Waals surface area contributed by atoms with Crippen molar-refractivity contribution in [3.05, 3.63) is 11.1 Å².